The van der Waals surface area contributed by atoms with Crippen molar-refractivity contribution in [2.45, 2.75) is 76.3 Å². The van der Waals surface area contributed by atoms with Crippen LogP contribution in [0.15, 0.2) is 12.4 Å². The first kappa shape index (κ1) is 12.5. The molecule has 100 valence electrons. The average molecular weight is 264 g/mol. The van der Waals surface area contributed by atoms with Crippen molar-refractivity contribution < 1.29 is 0 Å². The lowest BCUT2D eigenvalue weighted by Gasteiger charge is -2.25. The maximum Gasteiger partial charge on any atom is 0.180 e. The molecule has 3 rings (SSSR count). The van der Waals surface area contributed by atoms with E-state index in [9.17, 15) is 0 Å². The highest BCUT2D eigenvalue weighted by Gasteiger charge is 2.20. The van der Waals surface area contributed by atoms with Gasteiger partial charge in [-0.2, -0.15) is 0 Å². The second-order valence-electron chi connectivity index (χ2n) is 5.98. The smallest absolute Gasteiger partial charge is 0.180 e. The summed E-state index contributed by atoms with van der Waals surface area (Å²) < 4.78 is 5.83. The Hall–Kier alpha value is -0.570. The van der Waals surface area contributed by atoms with E-state index in [0.717, 1.165) is 4.77 Å². The molecule has 2 nitrogen and oxygen atoms in total. The van der Waals surface area contributed by atoms with Gasteiger partial charge in [-0.05, 0) is 37.9 Å². The van der Waals surface area contributed by atoms with Crippen LogP contribution in [0.4, 0.5) is 0 Å². The third-order valence-electron chi connectivity index (χ3n) is 4.77. The summed E-state index contributed by atoms with van der Waals surface area (Å²) in [5, 5.41) is 0. The summed E-state index contributed by atoms with van der Waals surface area (Å²) >= 11 is 5.71. The van der Waals surface area contributed by atoms with Crippen molar-refractivity contribution in [3.05, 3.63) is 17.2 Å². The van der Waals surface area contributed by atoms with Gasteiger partial charge < -0.3 is 9.13 Å². The maximum atomic E-state index is 5.71. The summed E-state index contributed by atoms with van der Waals surface area (Å²) in [7, 11) is 0. The zero-order valence-electron chi connectivity index (χ0n) is 11.2. The van der Waals surface area contributed by atoms with Gasteiger partial charge in [-0.1, -0.05) is 38.5 Å². The van der Waals surface area contributed by atoms with Crippen LogP contribution in [0.3, 0.4) is 0 Å². The van der Waals surface area contributed by atoms with Crippen LogP contribution in [0, 0.1) is 4.77 Å². The fourth-order valence-corrected chi connectivity index (χ4v) is 4.10. The summed E-state index contributed by atoms with van der Waals surface area (Å²) in [6.45, 7) is 0. The lowest BCUT2D eigenvalue weighted by atomic mass is 9.95. The number of hydrogen-bond donors (Lipinski definition) is 0. The van der Waals surface area contributed by atoms with Crippen LogP contribution in [0.1, 0.15) is 76.3 Å². The molecule has 0 bridgehead atoms. The fraction of sp³-hybridized carbons (Fsp3) is 0.800. The first-order valence-corrected chi connectivity index (χ1v) is 8.06. The van der Waals surface area contributed by atoms with Gasteiger partial charge in [0.1, 0.15) is 0 Å². The Balaban J connectivity index is 1.80. The molecule has 18 heavy (non-hydrogen) atoms. The Kier molecular flexibility index (Phi) is 3.88. The number of hydrogen-bond acceptors (Lipinski definition) is 1. The van der Waals surface area contributed by atoms with Crippen LogP contribution in [0.2, 0.25) is 0 Å². The highest BCUT2D eigenvalue weighted by Crippen LogP contribution is 2.32. The number of aromatic nitrogens is 2. The van der Waals surface area contributed by atoms with Gasteiger partial charge in [0.15, 0.2) is 4.77 Å². The zero-order chi connectivity index (χ0) is 12.4. The minimum absolute atomic E-state index is 0.677. The van der Waals surface area contributed by atoms with E-state index in [-0.39, 0.29) is 0 Å². The van der Waals surface area contributed by atoms with E-state index in [1.165, 1.54) is 64.2 Å². The molecule has 3 heteroatoms. The highest BCUT2D eigenvalue weighted by atomic mass is 32.1. The van der Waals surface area contributed by atoms with Gasteiger partial charge in [-0.25, -0.2) is 0 Å². The van der Waals surface area contributed by atoms with Gasteiger partial charge in [-0.15, -0.1) is 0 Å². The molecule has 0 amide bonds. The van der Waals surface area contributed by atoms with E-state index in [1.54, 1.807) is 0 Å². The molecule has 2 aliphatic carbocycles. The molecular formula is C15H24N2S. The van der Waals surface area contributed by atoms with Crippen LogP contribution in [0.5, 0.6) is 0 Å². The van der Waals surface area contributed by atoms with Gasteiger partial charge in [0.25, 0.3) is 0 Å². The highest BCUT2D eigenvalue weighted by molar-refractivity contribution is 7.71. The molecule has 0 unspecified atom stereocenters. The van der Waals surface area contributed by atoms with E-state index in [0.29, 0.717) is 12.1 Å². The summed E-state index contributed by atoms with van der Waals surface area (Å²) in [6.07, 6.45) is 18.1. The Morgan fingerprint density at radius 3 is 1.50 bits per heavy atom. The first-order valence-electron chi connectivity index (χ1n) is 7.65. The van der Waals surface area contributed by atoms with Crippen LogP contribution in [-0.4, -0.2) is 9.13 Å². The maximum absolute atomic E-state index is 5.71. The molecule has 0 spiro atoms. The predicted molar refractivity (Wildman–Crippen MR) is 77.5 cm³/mol. The van der Waals surface area contributed by atoms with Gasteiger partial charge in [-0.3, -0.25) is 0 Å². The molecule has 2 saturated carbocycles. The standard InChI is InChI=1S/C15H24N2S/c18-15-16(13-7-3-1-4-8-13)11-12-17(15)14-9-5-2-6-10-14/h11-14H,1-10H2. The molecule has 1 aromatic heterocycles. The predicted octanol–water partition coefficient (Wildman–Crippen LogP) is 5.03. The SMILES string of the molecule is S=c1n(C2CCCCC2)ccn1C1CCCCC1. The van der Waals surface area contributed by atoms with Crippen LogP contribution in [-0.2, 0) is 0 Å². The Morgan fingerprint density at radius 2 is 1.11 bits per heavy atom. The van der Waals surface area contributed by atoms with Crippen molar-refractivity contribution in [2.24, 2.45) is 0 Å². The lowest BCUT2D eigenvalue weighted by molar-refractivity contribution is 0.327. The molecule has 0 N–H and O–H groups in total. The molecular weight excluding hydrogens is 240 g/mol. The van der Waals surface area contributed by atoms with Gasteiger partial charge in [0.05, 0.1) is 0 Å². The Morgan fingerprint density at radius 1 is 0.722 bits per heavy atom. The van der Waals surface area contributed by atoms with Crippen molar-refractivity contribution in [2.75, 3.05) is 0 Å². The average Bonchev–Trinajstić information content (AvgIpc) is 2.83. The zero-order valence-corrected chi connectivity index (χ0v) is 12.0. The van der Waals surface area contributed by atoms with Crippen molar-refractivity contribution in [1.82, 2.24) is 9.13 Å². The minimum Gasteiger partial charge on any atom is -0.321 e. The van der Waals surface area contributed by atoms with Crippen LogP contribution in [0.25, 0.3) is 0 Å². The summed E-state index contributed by atoms with van der Waals surface area (Å²) in [6, 6.07) is 1.35. The molecule has 0 saturated heterocycles. The monoisotopic (exact) mass is 264 g/mol. The number of rotatable bonds is 2. The van der Waals surface area contributed by atoms with Crippen molar-refractivity contribution in [3.8, 4) is 0 Å². The topological polar surface area (TPSA) is 9.86 Å². The van der Waals surface area contributed by atoms with Crippen molar-refractivity contribution in [3.63, 3.8) is 0 Å². The summed E-state index contributed by atoms with van der Waals surface area (Å²) in [5.41, 5.74) is 0. The largest absolute Gasteiger partial charge is 0.321 e. The summed E-state index contributed by atoms with van der Waals surface area (Å²) in [4.78, 5) is 0. The Bertz CT molecular complexity index is 395. The van der Waals surface area contributed by atoms with Gasteiger partial charge in [0.2, 0.25) is 0 Å². The van der Waals surface area contributed by atoms with E-state index >= 15 is 0 Å². The van der Waals surface area contributed by atoms with Gasteiger partial charge >= 0.3 is 0 Å². The van der Waals surface area contributed by atoms with Crippen LogP contribution >= 0.6 is 12.2 Å². The van der Waals surface area contributed by atoms with Crippen molar-refractivity contribution >= 4 is 12.2 Å². The molecule has 2 aliphatic rings. The quantitative estimate of drug-likeness (QED) is 0.681. The molecule has 0 aliphatic heterocycles. The molecule has 1 aromatic rings. The van der Waals surface area contributed by atoms with E-state index in [1.807, 2.05) is 0 Å². The first-order chi connectivity index (χ1) is 8.86. The molecule has 0 radical (unpaired) electrons. The molecule has 2 fully saturated rings. The van der Waals surface area contributed by atoms with Crippen molar-refractivity contribution in [1.29, 1.82) is 0 Å². The van der Waals surface area contributed by atoms with E-state index in [4.69, 9.17) is 12.2 Å². The summed E-state index contributed by atoms with van der Waals surface area (Å²) in [5.74, 6) is 0. The third-order valence-corrected chi connectivity index (χ3v) is 5.19. The second-order valence-corrected chi connectivity index (χ2v) is 6.34. The molecule has 0 atom stereocenters. The number of imidazole rings is 1. The lowest BCUT2D eigenvalue weighted by Crippen LogP contribution is -2.16. The second kappa shape index (κ2) is 5.60. The minimum atomic E-state index is 0.677. The third kappa shape index (κ3) is 2.42. The van der Waals surface area contributed by atoms with Crippen LogP contribution < -0.4 is 0 Å². The fourth-order valence-electron chi connectivity index (χ4n) is 3.68. The normalized spacial score (nSPS) is 23.3. The van der Waals surface area contributed by atoms with Gasteiger partial charge in [0, 0.05) is 24.5 Å². The van der Waals surface area contributed by atoms with E-state index in [2.05, 4.69) is 21.5 Å². The van der Waals surface area contributed by atoms with E-state index < -0.39 is 0 Å². The molecule has 1 heterocycles. The Labute approximate surface area is 115 Å². The molecule has 0 aromatic carbocycles. The number of nitrogens with zero attached hydrogens (tertiary/aromatic N) is 2.